The van der Waals surface area contributed by atoms with Gasteiger partial charge < -0.3 is 9.15 Å². The van der Waals surface area contributed by atoms with E-state index in [9.17, 15) is 18.0 Å². The zero-order chi connectivity index (χ0) is 19.6. The Kier molecular flexibility index (Phi) is 5.11. The number of rotatable bonds is 5. The lowest BCUT2D eigenvalue weighted by atomic mass is 10.1. The maximum absolute atomic E-state index is 12.2. The molecule has 2 aromatic carbocycles. The highest BCUT2D eigenvalue weighted by Crippen LogP contribution is 2.22. The monoisotopic (exact) mass is 387 g/mol. The zero-order valence-electron chi connectivity index (χ0n) is 14.7. The number of carbonyl (C=O) groups excluding carboxylic acids is 1. The number of fused-ring (bicyclic) bond motifs is 1. The molecule has 1 heterocycles. The number of esters is 1. The molecular formula is C19H17NO6S. The molecular weight excluding hydrogens is 370 g/mol. The van der Waals surface area contributed by atoms with Crippen LogP contribution >= 0.6 is 0 Å². The van der Waals surface area contributed by atoms with E-state index in [4.69, 9.17) is 9.15 Å². The van der Waals surface area contributed by atoms with Crippen molar-refractivity contribution >= 4 is 27.0 Å². The minimum atomic E-state index is -3.82. The van der Waals surface area contributed by atoms with Gasteiger partial charge in [0.1, 0.15) is 17.9 Å². The molecule has 8 heteroatoms. The van der Waals surface area contributed by atoms with Gasteiger partial charge in [0.2, 0.25) is 10.0 Å². The molecule has 1 N–H and O–H groups in total. The molecule has 140 valence electrons. The van der Waals surface area contributed by atoms with Gasteiger partial charge in [0.15, 0.2) is 0 Å². The number of carbonyl (C=O) groups is 1. The smallest absolute Gasteiger partial charge is 0.336 e. The first-order valence-corrected chi connectivity index (χ1v) is 9.54. The second-order valence-electron chi connectivity index (χ2n) is 6.02. The second-order valence-corrected chi connectivity index (χ2v) is 7.79. The van der Waals surface area contributed by atoms with Crippen LogP contribution in [0, 0.1) is 13.8 Å². The Morgan fingerprint density at radius 2 is 1.78 bits per heavy atom. The van der Waals surface area contributed by atoms with Crippen molar-refractivity contribution < 1.29 is 22.4 Å². The normalized spacial score (nSPS) is 11.5. The predicted octanol–water partition coefficient (Wildman–Crippen LogP) is 2.29. The molecule has 0 saturated carbocycles. The highest BCUT2D eigenvalue weighted by molar-refractivity contribution is 7.89. The molecule has 0 bridgehead atoms. The summed E-state index contributed by atoms with van der Waals surface area (Å²) in [7, 11) is -3.82. The molecule has 0 saturated heterocycles. The Bertz CT molecular complexity index is 1160. The number of benzene rings is 2. The van der Waals surface area contributed by atoms with Gasteiger partial charge in [-0.2, -0.15) is 4.72 Å². The lowest BCUT2D eigenvalue weighted by Gasteiger charge is -2.08. The van der Waals surface area contributed by atoms with Crippen molar-refractivity contribution in [1.82, 2.24) is 4.72 Å². The molecule has 7 nitrogen and oxygen atoms in total. The van der Waals surface area contributed by atoms with E-state index in [0.29, 0.717) is 0 Å². The minimum Gasteiger partial charge on any atom is -0.425 e. The van der Waals surface area contributed by atoms with Crippen molar-refractivity contribution in [2.24, 2.45) is 0 Å². The predicted molar refractivity (Wildman–Crippen MR) is 99.2 cm³/mol. The van der Waals surface area contributed by atoms with Crippen LogP contribution in [0.4, 0.5) is 0 Å². The fraction of sp³-hybridized carbons (Fsp3) is 0.158. The van der Waals surface area contributed by atoms with E-state index in [1.807, 2.05) is 6.92 Å². The lowest BCUT2D eigenvalue weighted by molar-refractivity contribution is -0.133. The van der Waals surface area contributed by atoms with Crippen LogP contribution in [0.15, 0.2) is 62.6 Å². The van der Waals surface area contributed by atoms with E-state index >= 15 is 0 Å². The molecule has 3 aromatic rings. The van der Waals surface area contributed by atoms with Crippen molar-refractivity contribution in [3.63, 3.8) is 0 Å². The van der Waals surface area contributed by atoms with Crippen molar-refractivity contribution in [1.29, 1.82) is 0 Å². The Balaban J connectivity index is 1.69. The molecule has 3 rings (SSSR count). The van der Waals surface area contributed by atoms with E-state index in [1.54, 1.807) is 31.2 Å². The van der Waals surface area contributed by atoms with Gasteiger partial charge in [-0.25, -0.2) is 13.2 Å². The molecule has 0 aliphatic rings. The summed E-state index contributed by atoms with van der Waals surface area (Å²) < 4.78 is 36.8. The van der Waals surface area contributed by atoms with Crippen molar-refractivity contribution in [3.05, 3.63) is 70.1 Å². The van der Waals surface area contributed by atoms with Gasteiger partial charge >= 0.3 is 11.6 Å². The summed E-state index contributed by atoms with van der Waals surface area (Å²) in [6.07, 6.45) is 0. The lowest BCUT2D eigenvalue weighted by Crippen LogP contribution is -2.31. The minimum absolute atomic E-state index is 0.0591. The number of hydrogen-bond donors (Lipinski definition) is 1. The third-order valence-corrected chi connectivity index (χ3v) is 5.31. The highest BCUT2D eigenvalue weighted by Gasteiger charge is 2.16. The molecule has 0 aliphatic heterocycles. The summed E-state index contributed by atoms with van der Waals surface area (Å²) in [5, 5.41) is 0.717. The van der Waals surface area contributed by atoms with Crippen LogP contribution < -0.4 is 15.1 Å². The van der Waals surface area contributed by atoms with E-state index < -0.39 is 28.2 Å². The third-order valence-electron chi connectivity index (χ3n) is 3.89. The number of sulfonamides is 1. The molecule has 1 aromatic heterocycles. The summed E-state index contributed by atoms with van der Waals surface area (Å²) in [6, 6.07) is 12.2. The molecule has 0 radical (unpaired) electrons. The van der Waals surface area contributed by atoms with E-state index in [-0.39, 0.29) is 16.2 Å². The topological polar surface area (TPSA) is 103 Å². The molecule has 0 unspecified atom stereocenters. The standard InChI is InChI=1S/C19H17NO6S/c1-12-3-6-15(7-4-12)27(23,24)20-11-19(22)25-14-5-8-16-13(2)9-18(21)26-17(16)10-14/h3-10,20H,11H2,1-2H3. The van der Waals surface area contributed by atoms with Gasteiger partial charge in [-0.1, -0.05) is 17.7 Å². The van der Waals surface area contributed by atoms with E-state index in [0.717, 1.165) is 16.5 Å². The number of aryl methyl sites for hydroxylation is 2. The van der Waals surface area contributed by atoms with Gasteiger partial charge in [0, 0.05) is 17.5 Å². The highest BCUT2D eigenvalue weighted by atomic mass is 32.2. The zero-order valence-corrected chi connectivity index (χ0v) is 15.5. The molecule has 0 aliphatic carbocycles. The maximum Gasteiger partial charge on any atom is 0.336 e. The molecule has 27 heavy (non-hydrogen) atoms. The van der Waals surface area contributed by atoms with Gasteiger partial charge in [-0.05, 0) is 43.7 Å². The summed E-state index contributed by atoms with van der Waals surface area (Å²) >= 11 is 0. The van der Waals surface area contributed by atoms with Crippen LogP contribution in [-0.2, 0) is 14.8 Å². The fourth-order valence-electron chi connectivity index (χ4n) is 2.49. The van der Waals surface area contributed by atoms with Crippen LogP contribution in [0.25, 0.3) is 11.0 Å². The van der Waals surface area contributed by atoms with Crippen LogP contribution in [0.1, 0.15) is 11.1 Å². The summed E-state index contributed by atoms with van der Waals surface area (Å²) in [5.41, 5.74) is 1.44. The van der Waals surface area contributed by atoms with Gasteiger partial charge in [0.05, 0.1) is 4.90 Å². The van der Waals surface area contributed by atoms with Crippen LogP contribution in [-0.4, -0.2) is 20.9 Å². The summed E-state index contributed by atoms with van der Waals surface area (Å²) in [5.74, 6) is -0.643. The maximum atomic E-state index is 12.2. The Hall–Kier alpha value is -2.97. The largest absolute Gasteiger partial charge is 0.425 e. The summed E-state index contributed by atoms with van der Waals surface area (Å²) in [6.45, 7) is 3.07. The van der Waals surface area contributed by atoms with E-state index in [2.05, 4.69) is 4.72 Å². The Morgan fingerprint density at radius 3 is 2.48 bits per heavy atom. The average molecular weight is 387 g/mol. The number of ether oxygens (including phenoxy) is 1. The first kappa shape index (κ1) is 18.8. The van der Waals surface area contributed by atoms with Crippen LogP contribution in [0.5, 0.6) is 5.75 Å². The number of nitrogens with one attached hydrogen (secondary N) is 1. The second kappa shape index (κ2) is 7.34. The summed E-state index contributed by atoms with van der Waals surface area (Å²) in [4.78, 5) is 23.5. The SMILES string of the molecule is Cc1ccc(S(=O)(=O)NCC(=O)Oc2ccc3c(C)cc(=O)oc3c2)cc1. The van der Waals surface area contributed by atoms with Crippen molar-refractivity contribution in [3.8, 4) is 5.75 Å². The Morgan fingerprint density at radius 1 is 1.07 bits per heavy atom. The van der Waals surface area contributed by atoms with Gasteiger partial charge in [0.25, 0.3) is 0 Å². The first-order valence-electron chi connectivity index (χ1n) is 8.06. The number of hydrogen-bond acceptors (Lipinski definition) is 6. The van der Waals surface area contributed by atoms with Crippen molar-refractivity contribution in [2.75, 3.05) is 6.54 Å². The fourth-order valence-corrected chi connectivity index (χ4v) is 3.46. The average Bonchev–Trinajstić information content (AvgIpc) is 2.60. The van der Waals surface area contributed by atoms with Gasteiger partial charge in [-0.3, -0.25) is 4.79 Å². The first-order chi connectivity index (χ1) is 12.7. The molecule has 0 spiro atoms. The quantitative estimate of drug-likeness (QED) is 0.409. The van der Waals surface area contributed by atoms with Crippen LogP contribution in [0.3, 0.4) is 0 Å². The van der Waals surface area contributed by atoms with Crippen LogP contribution in [0.2, 0.25) is 0 Å². The van der Waals surface area contributed by atoms with Crippen molar-refractivity contribution in [2.45, 2.75) is 18.7 Å². The molecule has 0 atom stereocenters. The molecule has 0 fully saturated rings. The van der Waals surface area contributed by atoms with Gasteiger partial charge in [-0.15, -0.1) is 0 Å². The van der Waals surface area contributed by atoms with E-state index in [1.165, 1.54) is 24.3 Å². The molecule has 0 amide bonds. The Labute approximate surface area is 155 Å². The third kappa shape index (κ3) is 4.42.